The highest BCUT2D eigenvalue weighted by Crippen LogP contribution is 2.49. The average molecular weight is 355 g/mol. The molecule has 0 spiro atoms. The normalized spacial score (nSPS) is 13.6. The fraction of sp³-hybridized carbons (Fsp3) is 0.267. The fourth-order valence-electron chi connectivity index (χ4n) is 2.64. The molecular formula is C15H16Cl2N4O2. The van der Waals surface area contributed by atoms with E-state index in [4.69, 9.17) is 38.4 Å². The van der Waals surface area contributed by atoms with Gasteiger partial charge < -0.3 is 24.7 Å². The quantitative estimate of drug-likeness (QED) is 0.919. The van der Waals surface area contributed by atoms with Crippen LogP contribution in [0.5, 0.6) is 11.5 Å². The van der Waals surface area contributed by atoms with Gasteiger partial charge in [0.25, 0.3) is 0 Å². The van der Waals surface area contributed by atoms with Crippen LogP contribution < -0.4 is 20.1 Å². The number of hydrogen-bond donors (Lipinski definition) is 1. The molecule has 2 heterocycles. The first-order valence-electron chi connectivity index (χ1n) is 6.82. The number of aromatic nitrogens is 1. The van der Waals surface area contributed by atoms with Crippen molar-refractivity contribution in [3.05, 3.63) is 34.1 Å². The van der Waals surface area contributed by atoms with E-state index >= 15 is 0 Å². The predicted octanol–water partition coefficient (Wildman–Crippen LogP) is 3.16. The van der Waals surface area contributed by atoms with Crippen molar-refractivity contribution < 1.29 is 9.47 Å². The van der Waals surface area contributed by atoms with Crippen LogP contribution in [-0.4, -0.2) is 31.3 Å². The molecule has 0 radical (unpaired) electrons. The number of ether oxygens (including phenoxy) is 2. The molecule has 0 unspecified atom stereocenters. The van der Waals surface area contributed by atoms with Gasteiger partial charge in [0, 0.05) is 19.3 Å². The standard InChI is InChI=1S/C15H16Cl2N4O2/c1-20-5-4-8-13(20)15(18)19-7-21(8)14-11(16)9(22-2)6-10(23-3)12(14)17/h4-6H,7H2,1-3H3,(H2,18,19). The van der Waals surface area contributed by atoms with E-state index in [2.05, 4.69) is 4.99 Å². The summed E-state index contributed by atoms with van der Waals surface area (Å²) < 4.78 is 12.6. The second kappa shape index (κ2) is 5.86. The number of fused-ring (bicyclic) bond motifs is 1. The highest BCUT2D eigenvalue weighted by Gasteiger charge is 2.28. The Hall–Kier alpha value is -2.05. The highest BCUT2D eigenvalue weighted by atomic mass is 35.5. The Morgan fingerprint density at radius 3 is 2.35 bits per heavy atom. The van der Waals surface area contributed by atoms with Gasteiger partial charge >= 0.3 is 0 Å². The number of anilines is 2. The molecule has 0 saturated heterocycles. The maximum atomic E-state index is 6.49. The number of amidine groups is 1. The SMILES string of the molecule is COc1cc(OC)c(Cl)c(N2CN=C(N)c3c2ccn3C)c1Cl. The molecule has 2 N–H and O–H groups in total. The summed E-state index contributed by atoms with van der Waals surface area (Å²) >= 11 is 13.0. The highest BCUT2D eigenvalue weighted by molar-refractivity contribution is 6.41. The van der Waals surface area contributed by atoms with Crippen LogP contribution in [0.25, 0.3) is 0 Å². The van der Waals surface area contributed by atoms with Crippen molar-refractivity contribution in [2.75, 3.05) is 25.8 Å². The van der Waals surface area contributed by atoms with Crippen LogP contribution in [0.15, 0.2) is 23.3 Å². The minimum atomic E-state index is 0.304. The summed E-state index contributed by atoms with van der Waals surface area (Å²) in [6.45, 7) is 0.304. The van der Waals surface area contributed by atoms with Crippen molar-refractivity contribution in [2.24, 2.45) is 17.8 Å². The molecule has 1 aromatic carbocycles. The lowest BCUT2D eigenvalue weighted by Gasteiger charge is -2.29. The maximum Gasteiger partial charge on any atom is 0.146 e. The number of methoxy groups -OCH3 is 2. The molecule has 0 fully saturated rings. The van der Waals surface area contributed by atoms with Crippen LogP contribution in [0.1, 0.15) is 5.69 Å². The van der Waals surface area contributed by atoms with Crippen molar-refractivity contribution in [1.29, 1.82) is 0 Å². The number of benzene rings is 1. The van der Waals surface area contributed by atoms with Crippen LogP contribution in [0.3, 0.4) is 0 Å². The summed E-state index contributed by atoms with van der Waals surface area (Å²) in [5.41, 5.74) is 8.27. The Kier molecular flexibility index (Phi) is 4.04. The third-order valence-corrected chi connectivity index (χ3v) is 4.52. The van der Waals surface area contributed by atoms with Crippen LogP contribution in [-0.2, 0) is 7.05 Å². The molecule has 1 aromatic heterocycles. The molecule has 3 rings (SSSR count). The van der Waals surface area contributed by atoms with E-state index in [1.165, 1.54) is 0 Å². The summed E-state index contributed by atoms with van der Waals surface area (Å²) in [7, 11) is 4.98. The zero-order valence-electron chi connectivity index (χ0n) is 12.9. The zero-order chi connectivity index (χ0) is 16.7. The summed E-state index contributed by atoms with van der Waals surface area (Å²) in [6, 6.07) is 3.59. The molecule has 0 aliphatic carbocycles. The number of halogens is 2. The second-order valence-electron chi connectivity index (χ2n) is 5.03. The lowest BCUT2D eigenvalue weighted by molar-refractivity contribution is 0.395. The van der Waals surface area contributed by atoms with Gasteiger partial charge in [-0.1, -0.05) is 23.2 Å². The van der Waals surface area contributed by atoms with Crippen LogP contribution >= 0.6 is 23.2 Å². The van der Waals surface area contributed by atoms with E-state index in [0.29, 0.717) is 39.7 Å². The van der Waals surface area contributed by atoms with Gasteiger partial charge in [0.1, 0.15) is 39.7 Å². The largest absolute Gasteiger partial charge is 0.495 e. The topological polar surface area (TPSA) is 65.0 Å². The maximum absolute atomic E-state index is 6.49. The summed E-state index contributed by atoms with van der Waals surface area (Å²) in [4.78, 5) is 6.25. The van der Waals surface area contributed by atoms with Gasteiger partial charge in [-0.05, 0) is 6.07 Å². The molecule has 0 saturated carbocycles. The molecular weight excluding hydrogens is 339 g/mol. The minimum absolute atomic E-state index is 0.304. The monoisotopic (exact) mass is 354 g/mol. The molecule has 0 atom stereocenters. The number of aryl methyl sites for hydroxylation is 1. The van der Waals surface area contributed by atoms with Gasteiger partial charge in [-0.3, -0.25) is 0 Å². The van der Waals surface area contributed by atoms with Crippen molar-refractivity contribution in [3.8, 4) is 11.5 Å². The average Bonchev–Trinajstić information content (AvgIpc) is 2.93. The van der Waals surface area contributed by atoms with E-state index in [9.17, 15) is 0 Å². The van der Waals surface area contributed by atoms with Crippen LogP contribution in [0, 0.1) is 0 Å². The number of nitrogens with two attached hydrogens (primary N) is 1. The molecule has 0 bridgehead atoms. The van der Waals surface area contributed by atoms with Crippen molar-refractivity contribution in [3.63, 3.8) is 0 Å². The summed E-state index contributed by atoms with van der Waals surface area (Å²) in [5.74, 6) is 1.43. The Bertz CT molecular complexity index is 773. The third-order valence-electron chi connectivity index (χ3n) is 3.79. The van der Waals surface area contributed by atoms with E-state index < -0.39 is 0 Å². The molecule has 1 aliphatic rings. The first kappa shape index (κ1) is 15.8. The first-order valence-corrected chi connectivity index (χ1v) is 7.58. The van der Waals surface area contributed by atoms with E-state index in [1.807, 2.05) is 28.8 Å². The van der Waals surface area contributed by atoms with Crippen LogP contribution in [0.4, 0.5) is 11.4 Å². The van der Waals surface area contributed by atoms with Crippen molar-refractivity contribution >= 4 is 40.4 Å². The van der Waals surface area contributed by atoms with E-state index in [1.54, 1.807) is 20.3 Å². The lowest BCUT2D eigenvalue weighted by Crippen LogP contribution is -2.30. The Labute approximate surface area is 144 Å². The summed E-state index contributed by atoms with van der Waals surface area (Å²) in [5, 5.41) is 0.785. The molecule has 8 heteroatoms. The van der Waals surface area contributed by atoms with Gasteiger partial charge in [-0.25, -0.2) is 4.99 Å². The first-order chi connectivity index (χ1) is 11.0. The number of nitrogens with zero attached hydrogens (tertiary/aromatic N) is 3. The Morgan fingerprint density at radius 1 is 1.17 bits per heavy atom. The Morgan fingerprint density at radius 2 is 1.78 bits per heavy atom. The van der Waals surface area contributed by atoms with E-state index in [0.717, 1.165) is 11.4 Å². The van der Waals surface area contributed by atoms with Crippen LogP contribution in [0.2, 0.25) is 10.0 Å². The Balaban J connectivity index is 2.24. The predicted molar refractivity (Wildman–Crippen MR) is 92.7 cm³/mol. The van der Waals surface area contributed by atoms with Gasteiger partial charge in [0.15, 0.2) is 0 Å². The van der Waals surface area contributed by atoms with Gasteiger partial charge in [0.2, 0.25) is 0 Å². The zero-order valence-corrected chi connectivity index (χ0v) is 14.4. The molecule has 0 amide bonds. The van der Waals surface area contributed by atoms with Gasteiger partial charge in [-0.2, -0.15) is 0 Å². The van der Waals surface area contributed by atoms with Crippen molar-refractivity contribution in [1.82, 2.24) is 4.57 Å². The number of hydrogen-bond acceptors (Lipinski definition) is 5. The molecule has 1 aliphatic heterocycles. The second-order valence-corrected chi connectivity index (χ2v) is 5.79. The third kappa shape index (κ3) is 2.38. The number of rotatable bonds is 3. The smallest absolute Gasteiger partial charge is 0.146 e. The van der Waals surface area contributed by atoms with Gasteiger partial charge in [-0.15, -0.1) is 0 Å². The molecule has 2 aromatic rings. The summed E-state index contributed by atoms with van der Waals surface area (Å²) in [6.07, 6.45) is 1.91. The van der Waals surface area contributed by atoms with E-state index in [-0.39, 0.29) is 0 Å². The molecule has 122 valence electrons. The molecule has 23 heavy (non-hydrogen) atoms. The van der Waals surface area contributed by atoms with Gasteiger partial charge in [0.05, 0.1) is 25.6 Å². The fourth-order valence-corrected chi connectivity index (χ4v) is 3.35. The lowest BCUT2D eigenvalue weighted by atomic mass is 10.2. The number of aliphatic imine (C=N–C) groups is 1. The molecule has 6 nitrogen and oxygen atoms in total. The van der Waals surface area contributed by atoms with Crippen molar-refractivity contribution in [2.45, 2.75) is 0 Å². The minimum Gasteiger partial charge on any atom is -0.495 e.